The maximum absolute atomic E-state index is 12.7. The highest BCUT2D eigenvalue weighted by Crippen LogP contribution is 2.22. The molecule has 0 spiro atoms. The number of hydrogen-bond acceptors (Lipinski definition) is 2. The van der Waals surface area contributed by atoms with Gasteiger partial charge in [-0.1, -0.05) is 119 Å². The van der Waals surface area contributed by atoms with E-state index in [9.17, 15) is 4.79 Å². The van der Waals surface area contributed by atoms with E-state index in [1.54, 1.807) is 4.90 Å². The minimum atomic E-state index is -0.487. The lowest BCUT2D eigenvalue weighted by Crippen LogP contribution is -2.37. The van der Waals surface area contributed by atoms with Crippen molar-refractivity contribution < 1.29 is 9.53 Å². The molecule has 3 nitrogen and oxygen atoms in total. The van der Waals surface area contributed by atoms with Gasteiger partial charge in [-0.05, 0) is 51.5 Å². The van der Waals surface area contributed by atoms with Gasteiger partial charge in [0.25, 0.3) is 0 Å². The molecule has 0 saturated carbocycles. The molecule has 0 fully saturated rings. The first-order chi connectivity index (χ1) is 15.8. The molecule has 0 unspecified atom stereocenters. The van der Waals surface area contributed by atoms with Gasteiger partial charge in [-0.3, -0.25) is 4.90 Å². The molecule has 0 radical (unpaired) electrons. The quantitative estimate of drug-likeness (QED) is 0.179. The number of anilines is 1. The van der Waals surface area contributed by atoms with Gasteiger partial charge >= 0.3 is 6.09 Å². The van der Waals surface area contributed by atoms with Crippen LogP contribution < -0.4 is 4.90 Å². The Bertz CT molecular complexity index is 609. The van der Waals surface area contributed by atoms with Crippen molar-refractivity contribution in [1.82, 2.24) is 0 Å². The van der Waals surface area contributed by atoms with Crippen LogP contribution in [0, 0.1) is 0 Å². The number of halogens is 1. The highest BCUT2D eigenvalue weighted by atomic mass is 79.9. The Labute approximate surface area is 213 Å². The number of carbonyl (C=O) groups is 1. The molecule has 1 aromatic rings. The van der Waals surface area contributed by atoms with Crippen molar-refractivity contribution in [3.8, 4) is 0 Å². The minimum absolute atomic E-state index is 0.259. The van der Waals surface area contributed by atoms with Crippen molar-refractivity contribution in [3.63, 3.8) is 0 Å². The lowest BCUT2D eigenvalue weighted by atomic mass is 10.0. The summed E-state index contributed by atoms with van der Waals surface area (Å²) in [5.74, 6) is 0. The molecule has 1 aromatic carbocycles. The number of benzene rings is 1. The van der Waals surface area contributed by atoms with Crippen molar-refractivity contribution in [3.05, 3.63) is 28.7 Å². The summed E-state index contributed by atoms with van der Waals surface area (Å²) in [4.78, 5) is 14.5. The van der Waals surface area contributed by atoms with Crippen LogP contribution in [0.3, 0.4) is 0 Å². The zero-order chi connectivity index (χ0) is 24.4. The van der Waals surface area contributed by atoms with Gasteiger partial charge in [-0.2, -0.15) is 0 Å². The van der Waals surface area contributed by atoms with Crippen LogP contribution in [-0.2, 0) is 4.74 Å². The molecule has 0 aliphatic rings. The third kappa shape index (κ3) is 16.3. The van der Waals surface area contributed by atoms with Gasteiger partial charge in [0.15, 0.2) is 0 Å². The van der Waals surface area contributed by atoms with Crippen molar-refractivity contribution in [2.24, 2.45) is 0 Å². The van der Waals surface area contributed by atoms with Crippen molar-refractivity contribution in [1.29, 1.82) is 0 Å². The van der Waals surface area contributed by atoms with E-state index in [4.69, 9.17) is 4.74 Å². The third-order valence-corrected chi connectivity index (χ3v) is 6.52. The van der Waals surface area contributed by atoms with E-state index < -0.39 is 5.60 Å². The largest absolute Gasteiger partial charge is 0.443 e. The topological polar surface area (TPSA) is 29.5 Å². The van der Waals surface area contributed by atoms with E-state index in [0.29, 0.717) is 6.54 Å². The molecule has 33 heavy (non-hydrogen) atoms. The molecule has 0 aliphatic heterocycles. The molecule has 4 heteroatoms. The normalized spacial score (nSPS) is 11.5. The van der Waals surface area contributed by atoms with Crippen LogP contribution in [0.4, 0.5) is 10.5 Å². The summed E-state index contributed by atoms with van der Waals surface area (Å²) in [6, 6.07) is 7.89. The Balaban J connectivity index is 2.12. The number of amides is 1. The summed E-state index contributed by atoms with van der Waals surface area (Å²) in [6.07, 6.45) is 21.3. The van der Waals surface area contributed by atoms with Gasteiger partial charge in [0.2, 0.25) is 0 Å². The Kier molecular flexibility index (Phi) is 16.7. The summed E-state index contributed by atoms with van der Waals surface area (Å²) in [6.45, 7) is 8.73. The SMILES string of the molecule is CCCCCCCCCCCCCCCCCCN(C(=O)OC(C)(C)C)c1ccc(Br)cc1. The van der Waals surface area contributed by atoms with Crippen LogP contribution in [0.1, 0.15) is 130 Å². The van der Waals surface area contributed by atoms with Crippen LogP contribution >= 0.6 is 15.9 Å². The maximum atomic E-state index is 12.7. The molecule has 0 atom stereocenters. The molecule has 190 valence electrons. The second kappa shape index (κ2) is 18.3. The van der Waals surface area contributed by atoms with Crippen LogP contribution in [0.25, 0.3) is 0 Å². The second-order valence-electron chi connectivity index (χ2n) is 10.4. The zero-order valence-corrected chi connectivity index (χ0v) is 23.6. The standard InChI is InChI=1S/C29H50BrNO2/c1-5-6-7-8-9-10-11-12-13-14-15-16-17-18-19-20-25-31(28(32)33-29(2,3)4)27-23-21-26(30)22-24-27/h21-24H,5-20,25H2,1-4H3. The fraction of sp³-hybridized carbons (Fsp3) is 0.759. The smallest absolute Gasteiger partial charge is 0.414 e. The predicted molar refractivity (Wildman–Crippen MR) is 147 cm³/mol. The summed E-state index contributed by atoms with van der Waals surface area (Å²) in [5, 5.41) is 0. The average Bonchev–Trinajstić information content (AvgIpc) is 2.75. The van der Waals surface area contributed by atoms with Crippen molar-refractivity contribution in [2.75, 3.05) is 11.4 Å². The first-order valence-electron chi connectivity index (χ1n) is 13.6. The lowest BCUT2D eigenvalue weighted by molar-refractivity contribution is 0.0579. The van der Waals surface area contributed by atoms with Crippen molar-refractivity contribution >= 4 is 27.7 Å². The van der Waals surface area contributed by atoms with E-state index in [1.165, 1.54) is 89.9 Å². The number of unbranched alkanes of at least 4 members (excludes halogenated alkanes) is 15. The summed E-state index contributed by atoms with van der Waals surface area (Å²) >= 11 is 3.47. The molecule has 0 aliphatic carbocycles. The van der Waals surface area contributed by atoms with Crippen LogP contribution in [0.2, 0.25) is 0 Å². The number of ether oxygens (including phenoxy) is 1. The average molecular weight is 525 g/mol. The van der Waals surface area contributed by atoms with E-state index in [1.807, 2.05) is 45.0 Å². The second-order valence-corrected chi connectivity index (χ2v) is 11.3. The van der Waals surface area contributed by atoms with E-state index in [0.717, 1.165) is 23.0 Å². The molecule has 1 rings (SSSR count). The summed E-state index contributed by atoms with van der Waals surface area (Å²) < 4.78 is 6.65. The molecule has 0 heterocycles. The minimum Gasteiger partial charge on any atom is -0.443 e. The van der Waals surface area contributed by atoms with Crippen molar-refractivity contribution in [2.45, 2.75) is 136 Å². The molecule has 0 N–H and O–H groups in total. The monoisotopic (exact) mass is 523 g/mol. The van der Waals surface area contributed by atoms with Crippen LogP contribution in [0.5, 0.6) is 0 Å². The number of carbonyl (C=O) groups excluding carboxylic acids is 1. The first-order valence-corrected chi connectivity index (χ1v) is 14.4. The van der Waals surface area contributed by atoms with Gasteiger partial charge < -0.3 is 4.74 Å². The predicted octanol–water partition coefficient (Wildman–Crippen LogP) is 10.5. The molecule has 0 bridgehead atoms. The Morgan fingerprint density at radius 2 is 1.12 bits per heavy atom. The van der Waals surface area contributed by atoms with E-state index in [-0.39, 0.29) is 6.09 Å². The van der Waals surface area contributed by atoms with Gasteiger partial charge in [0.1, 0.15) is 5.60 Å². The molecule has 1 amide bonds. The fourth-order valence-corrected chi connectivity index (χ4v) is 4.35. The summed E-state index contributed by atoms with van der Waals surface area (Å²) in [5.41, 5.74) is 0.410. The summed E-state index contributed by atoms with van der Waals surface area (Å²) in [7, 11) is 0. The van der Waals surface area contributed by atoms with Gasteiger partial charge in [0.05, 0.1) is 0 Å². The number of hydrogen-bond donors (Lipinski definition) is 0. The highest BCUT2D eigenvalue weighted by molar-refractivity contribution is 9.10. The molecule has 0 aromatic heterocycles. The Hall–Kier alpha value is -1.03. The Morgan fingerprint density at radius 3 is 1.52 bits per heavy atom. The van der Waals surface area contributed by atoms with E-state index in [2.05, 4.69) is 22.9 Å². The van der Waals surface area contributed by atoms with Gasteiger partial charge in [-0.25, -0.2) is 4.79 Å². The zero-order valence-electron chi connectivity index (χ0n) is 22.0. The van der Waals surface area contributed by atoms with Gasteiger partial charge in [0, 0.05) is 16.7 Å². The van der Waals surface area contributed by atoms with Gasteiger partial charge in [-0.15, -0.1) is 0 Å². The highest BCUT2D eigenvalue weighted by Gasteiger charge is 2.23. The lowest BCUT2D eigenvalue weighted by Gasteiger charge is -2.27. The maximum Gasteiger partial charge on any atom is 0.414 e. The molecule has 0 saturated heterocycles. The van der Waals surface area contributed by atoms with E-state index >= 15 is 0 Å². The number of nitrogens with zero attached hydrogens (tertiary/aromatic N) is 1. The molecular formula is C29H50BrNO2. The van der Waals surface area contributed by atoms with Crippen LogP contribution in [0.15, 0.2) is 28.7 Å². The Morgan fingerprint density at radius 1 is 0.727 bits per heavy atom. The van der Waals surface area contributed by atoms with Crippen LogP contribution in [-0.4, -0.2) is 18.2 Å². The third-order valence-electron chi connectivity index (χ3n) is 5.99. The fourth-order valence-electron chi connectivity index (χ4n) is 4.08. The molecular weight excluding hydrogens is 474 g/mol. The first kappa shape index (κ1) is 30.0. The number of rotatable bonds is 18.